The van der Waals surface area contributed by atoms with Gasteiger partial charge in [-0.25, -0.2) is 0 Å². The Bertz CT molecular complexity index is 463. The van der Waals surface area contributed by atoms with Crippen molar-refractivity contribution >= 4 is 23.2 Å². The average molecular weight is 309 g/mol. The van der Waals surface area contributed by atoms with Crippen molar-refractivity contribution in [3.8, 4) is 0 Å². The summed E-state index contributed by atoms with van der Waals surface area (Å²) in [6.45, 7) is 2.42. The third kappa shape index (κ3) is 5.28. The van der Waals surface area contributed by atoms with Crippen LogP contribution in [-0.2, 0) is 11.0 Å². The van der Waals surface area contributed by atoms with E-state index >= 15 is 0 Å². The van der Waals surface area contributed by atoms with Crippen LogP contribution in [-0.4, -0.2) is 19.0 Å². The van der Waals surface area contributed by atoms with E-state index in [0.29, 0.717) is 6.54 Å². The minimum absolute atomic E-state index is 0.0899. The third-order valence-corrected chi connectivity index (χ3v) is 2.92. The molecule has 0 aliphatic carbocycles. The van der Waals surface area contributed by atoms with Crippen LogP contribution < -0.4 is 10.6 Å². The first-order valence-electron chi connectivity index (χ1n) is 6.22. The highest BCUT2D eigenvalue weighted by atomic mass is 35.5. The molecule has 0 heterocycles. The lowest BCUT2D eigenvalue weighted by Crippen LogP contribution is -2.30. The molecule has 1 rings (SSSR count). The number of nitrogens with one attached hydrogen (secondary N) is 2. The quantitative estimate of drug-likeness (QED) is 0.787. The first-order chi connectivity index (χ1) is 9.34. The number of unbranched alkanes of at least 4 members (excludes halogenated alkanes) is 1. The molecule has 0 unspecified atom stereocenters. The fourth-order valence-corrected chi connectivity index (χ4v) is 1.66. The van der Waals surface area contributed by atoms with Crippen molar-refractivity contribution in [1.82, 2.24) is 5.32 Å². The molecule has 0 fully saturated rings. The van der Waals surface area contributed by atoms with Gasteiger partial charge in [0.15, 0.2) is 0 Å². The lowest BCUT2D eigenvalue weighted by atomic mass is 10.2. The Hall–Kier alpha value is -1.43. The van der Waals surface area contributed by atoms with Crippen molar-refractivity contribution in [2.45, 2.75) is 25.9 Å². The summed E-state index contributed by atoms with van der Waals surface area (Å²) in [5, 5.41) is 5.40. The lowest BCUT2D eigenvalue weighted by molar-refractivity contribution is -0.137. The van der Waals surface area contributed by atoms with Crippen LogP contribution in [0.1, 0.15) is 25.3 Å². The van der Waals surface area contributed by atoms with Crippen LogP contribution in [0.4, 0.5) is 18.9 Å². The molecule has 2 N–H and O–H groups in total. The number of hydrogen-bond acceptors (Lipinski definition) is 2. The summed E-state index contributed by atoms with van der Waals surface area (Å²) in [7, 11) is 0. The van der Waals surface area contributed by atoms with Crippen LogP contribution in [0.5, 0.6) is 0 Å². The fourth-order valence-electron chi connectivity index (χ4n) is 1.48. The van der Waals surface area contributed by atoms with Gasteiger partial charge in [-0.05, 0) is 24.6 Å². The highest BCUT2D eigenvalue weighted by Gasteiger charge is 2.30. The second-order valence-corrected chi connectivity index (χ2v) is 4.66. The first kappa shape index (κ1) is 16.6. The number of alkyl halides is 3. The summed E-state index contributed by atoms with van der Waals surface area (Å²) in [6, 6.07) is 2.94. The Morgan fingerprint density at radius 2 is 2.05 bits per heavy atom. The van der Waals surface area contributed by atoms with Crippen LogP contribution in [0.3, 0.4) is 0 Å². The molecule has 7 heteroatoms. The largest absolute Gasteiger partial charge is 0.416 e. The van der Waals surface area contributed by atoms with Gasteiger partial charge in [-0.15, -0.1) is 0 Å². The van der Waals surface area contributed by atoms with Crippen LogP contribution in [0.25, 0.3) is 0 Å². The molecular weight excluding hydrogens is 293 g/mol. The van der Waals surface area contributed by atoms with Crippen LogP contribution in [0.15, 0.2) is 18.2 Å². The van der Waals surface area contributed by atoms with E-state index in [1.54, 1.807) is 0 Å². The minimum Gasteiger partial charge on any atom is -0.375 e. The lowest BCUT2D eigenvalue weighted by Gasteiger charge is -2.12. The third-order valence-electron chi connectivity index (χ3n) is 2.59. The van der Waals surface area contributed by atoms with E-state index in [1.807, 2.05) is 6.92 Å². The number of rotatable bonds is 6. The highest BCUT2D eigenvalue weighted by molar-refractivity contribution is 6.33. The standard InChI is InChI=1S/C13H16ClF3N2O/c1-2-3-6-18-12(20)8-19-11-7-9(13(15,16)17)4-5-10(11)14/h4-5,7,19H,2-3,6,8H2,1H3,(H,18,20). The molecule has 0 radical (unpaired) electrons. The number of amides is 1. The van der Waals surface area contributed by atoms with Gasteiger partial charge in [-0.3, -0.25) is 4.79 Å². The maximum atomic E-state index is 12.6. The van der Waals surface area contributed by atoms with Gasteiger partial charge in [-0.2, -0.15) is 13.2 Å². The zero-order valence-corrected chi connectivity index (χ0v) is 11.7. The van der Waals surface area contributed by atoms with Crippen molar-refractivity contribution in [2.24, 2.45) is 0 Å². The van der Waals surface area contributed by atoms with Gasteiger partial charge in [0, 0.05) is 6.54 Å². The van der Waals surface area contributed by atoms with E-state index in [4.69, 9.17) is 11.6 Å². The zero-order chi connectivity index (χ0) is 15.2. The number of carbonyl (C=O) groups is 1. The minimum atomic E-state index is -4.44. The van der Waals surface area contributed by atoms with Gasteiger partial charge in [0.1, 0.15) is 0 Å². The van der Waals surface area contributed by atoms with E-state index in [-0.39, 0.29) is 23.2 Å². The molecule has 3 nitrogen and oxygen atoms in total. The number of hydrogen-bond donors (Lipinski definition) is 2. The molecule has 1 aromatic rings. The average Bonchev–Trinajstić information content (AvgIpc) is 2.36. The van der Waals surface area contributed by atoms with E-state index in [0.717, 1.165) is 31.0 Å². The van der Waals surface area contributed by atoms with Crippen molar-refractivity contribution in [2.75, 3.05) is 18.4 Å². The number of halogens is 4. The van der Waals surface area contributed by atoms with Crippen molar-refractivity contribution in [3.63, 3.8) is 0 Å². The molecule has 0 aromatic heterocycles. The summed E-state index contributed by atoms with van der Waals surface area (Å²) in [5.74, 6) is -0.285. The van der Waals surface area contributed by atoms with E-state index < -0.39 is 11.7 Å². The maximum Gasteiger partial charge on any atom is 0.416 e. The molecule has 0 saturated heterocycles. The Morgan fingerprint density at radius 3 is 2.65 bits per heavy atom. The fraction of sp³-hybridized carbons (Fsp3) is 0.462. The van der Waals surface area contributed by atoms with Gasteiger partial charge >= 0.3 is 6.18 Å². The summed E-state index contributed by atoms with van der Waals surface area (Å²) in [4.78, 5) is 11.4. The first-order valence-corrected chi connectivity index (χ1v) is 6.59. The van der Waals surface area contributed by atoms with Gasteiger partial charge < -0.3 is 10.6 Å². The highest BCUT2D eigenvalue weighted by Crippen LogP contribution is 2.33. The summed E-state index contributed by atoms with van der Waals surface area (Å²) in [6.07, 6.45) is -2.63. The van der Waals surface area contributed by atoms with Crippen molar-refractivity contribution in [1.29, 1.82) is 0 Å². The van der Waals surface area contributed by atoms with Gasteiger partial charge in [-0.1, -0.05) is 24.9 Å². The predicted molar refractivity (Wildman–Crippen MR) is 72.9 cm³/mol. The normalized spacial score (nSPS) is 11.2. The number of anilines is 1. The van der Waals surface area contributed by atoms with E-state index in [9.17, 15) is 18.0 Å². The second kappa shape index (κ2) is 7.38. The summed E-state index contributed by atoms with van der Waals surface area (Å²) >= 11 is 5.79. The van der Waals surface area contributed by atoms with Crippen molar-refractivity contribution in [3.05, 3.63) is 28.8 Å². The van der Waals surface area contributed by atoms with Crippen LogP contribution in [0.2, 0.25) is 5.02 Å². The summed E-state index contributed by atoms with van der Waals surface area (Å²) < 4.78 is 37.7. The topological polar surface area (TPSA) is 41.1 Å². The molecular formula is C13H16ClF3N2O. The molecule has 0 aliphatic heterocycles. The van der Waals surface area contributed by atoms with E-state index in [2.05, 4.69) is 10.6 Å². The SMILES string of the molecule is CCCCNC(=O)CNc1cc(C(F)(F)F)ccc1Cl. The van der Waals surface area contributed by atoms with Gasteiger partial charge in [0.25, 0.3) is 0 Å². The number of carbonyl (C=O) groups excluding carboxylic acids is 1. The molecule has 1 aromatic carbocycles. The zero-order valence-electron chi connectivity index (χ0n) is 11.0. The van der Waals surface area contributed by atoms with Gasteiger partial charge in [0.2, 0.25) is 5.91 Å². The second-order valence-electron chi connectivity index (χ2n) is 4.25. The Labute approximate surface area is 120 Å². The smallest absolute Gasteiger partial charge is 0.375 e. The van der Waals surface area contributed by atoms with Crippen LogP contribution >= 0.6 is 11.6 Å². The molecule has 0 atom stereocenters. The Balaban J connectivity index is 2.61. The Morgan fingerprint density at radius 1 is 1.35 bits per heavy atom. The van der Waals surface area contributed by atoms with Crippen LogP contribution in [0, 0.1) is 0 Å². The van der Waals surface area contributed by atoms with E-state index in [1.165, 1.54) is 0 Å². The molecule has 20 heavy (non-hydrogen) atoms. The maximum absolute atomic E-state index is 12.6. The molecule has 0 aliphatic rings. The monoisotopic (exact) mass is 308 g/mol. The van der Waals surface area contributed by atoms with Gasteiger partial charge in [0.05, 0.1) is 22.8 Å². The molecule has 0 bridgehead atoms. The number of benzene rings is 1. The molecule has 112 valence electrons. The summed E-state index contributed by atoms with van der Waals surface area (Å²) in [5.41, 5.74) is -0.720. The van der Waals surface area contributed by atoms with Crippen molar-refractivity contribution < 1.29 is 18.0 Å². The molecule has 0 spiro atoms. The molecule has 1 amide bonds. The predicted octanol–water partition coefficient (Wildman–Crippen LogP) is 3.69. The molecule has 0 saturated carbocycles. The Kier molecular flexibility index (Phi) is 6.13.